The Bertz CT molecular complexity index is 102. The summed E-state index contributed by atoms with van der Waals surface area (Å²) in [4.78, 5) is 0. The fourth-order valence-corrected chi connectivity index (χ4v) is 0.393. The molecular formula is C5H13N3O. The van der Waals surface area contributed by atoms with Crippen molar-refractivity contribution in [1.29, 1.82) is 0 Å². The summed E-state index contributed by atoms with van der Waals surface area (Å²) in [5.74, 6) is 0. The molecule has 0 aromatic rings. The molecule has 0 bridgehead atoms. The van der Waals surface area contributed by atoms with Crippen molar-refractivity contribution in [3.8, 4) is 0 Å². The van der Waals surface area contributed by atoms with E-state index in [-0.39, 0.29) is 0 Å². The number of nitrogens with one attached hydrogen (secondary N) is 2. The van der Waals surface area contributed by atoms with Crippen LogP contribution in [0.3, 0.4) is 0 Å². The van der Waals surface area contributed by atoms with Crippen LogP contribution in [0.15, 0.2) is 11.9 Å². The van der Waals surface area contributed by atoms with E-state index in [4.69, 9.17) is 5.21 Å². The maximum atomic E-state index is 8.48. The number of hydrogen-bond donors (Lipinski definition) is 3. The van der Waals surface area contributed by atoms with Crippen molar-refractivity contribution >= 4 is 0 Å². The fraction of sp³-hybridized carbons (Fsp3) is 0.600. The Morgan fingerprint density at radius 3 is 2.22 bits per heavy atom. The highest BCUT2D eigenvalue weighted by Gasteiger charge is 2.00. The van der Waals surface area contributed by atoms with Gasteiger partial charge in [-0.3, -0.25) is 5.21 Å². The van der Waals surface area contributed by atoms with Gasteiger partial charge in [-0.05, 0) is 6.92 Å². The highest BCUT2D eigenvalue weighted by atomic mass is 16.5. The second kappa shape index (κ2) is 4.17. The Morgan fingerprint density at radius 1 is 1.56 bits per heavy atom. The predicted octanol–water partition coefficient (Wildman–Crippen LogP) is 0.588. The molecule has 1 aliphatic heterocycles. The van der Waals surface area contributed by atoms with Gasteiger partial charge in [0.2, 0.25) is 0 Å². The first-order valence-electron chi connectivity index (χ1n) is 2.97. The third-order valence-electron chi connectivity index (χ3n) is 0.684. The molecule has 4 nitrogen and oxygen atoms in total. The van der Waals surface area contributed by atoms with Gasteiger partial charge in [0.05, 0.1) is 6.20 Å². The SMILES string of the molecule is CC.CC1=CN(O)NN1. The largest absolute Gasteiger partial charge is 0.305 e. The molecule has 0 atom stereocenters. The maximum Gasteiger partial charge on any atom is 0.0679 e. The molecule has 0 amide bonds. The van der Waals surface area contributed by atoms with Crippen molar-refractivity contribution in [2.45, 2.75) is 20.8 Å². The van der Waals surface area contributed by atoms with Gasteiger partial charge in [-0.1, -0.05) is 13.8 Å². The quantitative estimate of drug-likeness (QED) is 0.450. The van der Waals surface area contributed by atoms with Gasteiger partial charge in [0.1, 0.15) is 0 Å². The molecule has 9 heavy (non-hydrogen) atoms. The van der Waals surface area contributed by atoms with Crippen LogP contribution in [0, 0.1) is 0 Å². The lowest BCUT2D eigenvalue weighted by Gasteiger charge is -2.02. The van der Waals surface area contributed by atoms with Gasteiger partial charge in [0, 0.05) is 5.70 Å². The molecule has 0 unspecified atom stereocenters. The molecule has 3 N–H and O–H groups in total. The van der Waals surface area contributed by atoms with Crippen LogP contribution in [0.1, 0.15) is 20.8 Å². The molecule has 0 aromatic heterocycles. The van der Waals surface area contributed by atoms with Crippen LogP contribution in [0.2, 0.25) is 0 Å². The first-order valence-corrected chi connectivity index (χ1v) is 2.97. The van der Waals surface area contributed by atoms with E-state index in [1.807, 2.05) is 20.8 Å². The molecule has 0 saturated heterocycles. The van der Waals surface area contributed by atoms with E-state index in [0.29, 0.717) is 0 Å². The molecule has 1 heterocycles. The Morgan fingerprint density at radius 2 is 2.11 bits per heavy atom. The summed E-state index contributed by atoms with van der Waals surface area (Å²) in [7, 11) is 0. The number of nitrogens with zero attached hydrogens (tertiary/aromatic N) is 1. The summed E-state index contributed by atoms with van der Waals surface area (Å²) in [6.07, 6.45) is 1.53. The van der Waals surface area contributed by atoms with Crippen molar-refractivity contribution in [2.24, 2.45) is 0 Å². The van der Waals surface area contributed by atoms with E-state index in [2.05, 4.69) is 11.0 Å². The summed E-state index contributed by atoms with van der Waals surface area (Å²) < 4.78 is 0. The van der Waals surface area contributed by atoms with Crippen LogP contribution >= 0.6 is 0 Å². The minimum absolute atomic E-state index is 0.856. The molecule has 0 radical (unpaired) electrons. The van der Waals surface area contributed by atoms with Gasteiger partial charge in [-0.25, -0.2) is 0 Å². The smallest absolute Gasteiger partial charge is 0.0679 e. The first-order chi connectivity index (χ1) is 4.29. The van der Waals surface area contributed by atoms with Crippen molar-refractivity contribution in [3.63, 3.8) is 0 Å². The minimum Gasteiger partial charge on any atom is -0.305 e. The number of allylic oxidation sites excluding steroid dienone is 1. The van der Waals surface area contributed by atoms with Gasteiger partial charge >= 0.3 is 0 Å². The Hall–Kier alpha value is -0.740. The van der Waals surface area contributed by atoms with Gasteiger partial charge in [-0.2, -0.15) is 5.17 Å². The molecule has 0 saturated carbocycles. The highest BCUT2D eigenvalue weighted by Crippen LogP contribution is 1.91. The maximum absolute atomic E-state index is 8.48. The molecular weight excluding hydrogens is 118 g/mol. The molecule has 0 aliphatic carbocycles. The van der Waals surface area contributed by atoms with Crippen LogP contribution in [-0.2, 0) is 0 Å². The van der Waals surface area contributed by atoms with Gasteiger partial charge in [0.15, 0.2) is 0 Å². The summed E-state index contributed by atoms with van der Waals surface area (Å²) in [5, 5.41) is 9.34. The zero-order valence-corrected chi connectivity index (χ0v) is 5.97. The van der Waals surface area contributed by atoms with Gasteiger partial charge in [0.25, 0.3) is 0 Å². The Kier molecular flexibility index (Phi) is 3.83. The van der Waals surface area contributed by atoms with E-state index in [1.54, 1.807) is 0 Å². The minimum atomic E-state index is 0.856. The topological polar surface area (TPSA) is 47.5 Å². The molecule has 1 aliphatic rings. The summed E-state index contributed by atoms with van der Waals surface area (Å²) in [6, 6.07) is 0. The van der Waals surface area contributed by atoms with E-state index in [9.17, 15) is 0 Å². The third kappa shape index (κ3) is 2.94. The summed E-state index contributed by atoms with van der Waals surface area (Å²) >= 11 is 0. The standard InChI is InChI=1S/C3H7N3O.C2H6/c1-3-2-6(7)5-4-3;1-2/h2,4-5,7H,1H3;1-2H3. The zero-order valence-electron chi connectivity index (χ0n) is 5.97. The predicted molar refractivity (Wildman–Crippen MR) is 35.0 cm³/mol. The van der Waals surface area contributed by atoms with E-state index >= 15 is 0 Å². The lowest BCUT2D eigenvalue weighted by Crippen LogP contribution is -2.33. The molecule has 54 valence electrons. The average molecular weight is 131 g/mol. The second-order valence-electron chi connectivity index (χ2n) is 1.39. The average Bonchev–Trinajstić information content (AvgIpc) is 2.20. The summed E-state index contributed by atoms with van der Waals surface area (Å²) in [5.41, 5.74) is 5.96. The molecule has 1 rings (SSSR count). The van der Waals surface area contributed by atoms with Gasteiger partial charge < -0.3 is 5.43 Å². The molecule has 0 aromatic carbocycles. The van der Waals surface area contributed by atoms with E-state index in [0.717, 1.165) is 10.9 Å². The van der Waals surface area contributed by atoms with Crippen molar-refractivity contribution in [2.75, 3.05) is 0 Å². The lowest BCUT2D eigenvalue weighted by molar-refractivity contribution is -0.0866. The van der Waals surface area contributed by atoms with Gasteiger partial charge in [-0.15, -0.1) is 5.53 Å². The van der Waals surface area contributed by atoms with Crippen molar-refractivity contribution in [3.05, 3.63) is 11.9 Å². The van der Waals surface area contributed by atoms with Crippen LogP contribution in [0.4, 0.5) is 0 Å². The van der Waals surface area contributed by atoms with Crippen LogP contribution in [0.25, 0.3) is 0 Å². The third-order valence-corrected chi connectivity index (χ3v) is 0.684. The Labute approximate surface area is 55.1 Å². The lowest BCUT2D eigenvalue weighted by atomic mass is 10.6. The molecule has 0 fully saturated rings. The Balaban J connectivity index is 0.000000291. The zero-order chi connectivity index (χ0) is 7.28. The number of hydrogen-bond acceptors (Lipinski definition) is 4. The molecule has 4 heteroatoms. The van der Waals surface area contributed by atoms with Crippen LogP contribution in [-0.4, -0.2) is 10.4 Å². The van der Waals surface area contributed by atoms with E-state index in [1.165, 1.54) is 6.20 Å². The highest BCUT2D eigenvalue weighted by molar-refractivity contribution is 4.94. The first kappa shape index (κ1) is 8.26. The van der Waals surface area contributed by atoms with Crippen molar-refractivity contribution in [1.82, 2.24) is 16.1 Å². The molecule has 0 spiro atoms. The monoisotopic (exact) mass is 131 g/mol. The fourth-order valence-electron chi connectivity index (χ4n) is 0.393. The van der Waals surface area contributed by atoms with Crippen molar-refractivity contribution < 1.29 is 5.21 Å². The normalized spacial score (nSPS) is 15.6. The van der Waals surface area contributed by atoms with Crippen LogP contribution < -0.4 is 11.0 Å². The number of rotatable bonds is 0. The van der Waals surface area contributed by atoms with Crippen LogP contribution in [0.5, 0.6) is 0 Å². The number of hydrazine groups is 2. The second-order valence-corrected chi connectivity index (χ2v) is 1.39. The number of hydroxylamine groups is 1. The summed E-state index contributed by atoms with van der Waals surface area (Å²) in [6.45, 7) is 5.84. The van der Waals surface area contributed by atoms with E-state index < -0.39 is 0 Å².